The third-order valence-corrected chi connectivity index (χ3v) is 5.03. The number of aromatic amines is 1. The van der Waals surface area contributed by atoms with Crippen LogP contribution in [-0.4, -0.2) is 15.5 Å². The van der Waals surface area contributed by atoms with Gasteiger partial charge in [0.25, 0.3) is 5.56 Å². The molecule has 1 atom stereocenters. The molecule has 1 aromatic heterocycles. The molecule has 8 heteroatoms. The standard InChI is InChI=1S/C19H17Cl2N3O3/c1-11(12-6-7-14(20)15(21)10-12)22-17(25)8-9-24-16-5-3-2-4-13(16)18(26)23-19(24)27/h2-7,10-11H,8-9H2,1H3,(H,22,25)(H,23,26,27). The molecule has 3 aromatic rings. The molecule has 0 aliphatic heterocycles. The van der Waals surface area contributed by atoms with Crippen molar-refractivity contribution < 1.29 is 4.79 Å². The van der Waals surface area contributed by atoms with E-state index in [4.69, 9.17) is 23.2 Å². The summed E-state index contributed by atoms with van der Waals surface area (Å²) in [5.41, 5.74) is 0.342. The monoisotopic (exact) mass is 405 g/mol. The number of nitrogens with zero attached hydrogens (tertiary/aromatic N) is 1. The van der Waals surface area contributed by atoms with Crippen LogP contribution in [0.1, 0.15) is 24.9 Å². The Morgan fingerprint density at radius 3 is 2.63 bits per heavy atom. The summed E-state index contributed by atoms with van der Waals surface area (Å²) < 4.78 is 1.39. The number of hydrogen-bond acceptors (Lipinski definition) is 3. The van der Waals surface area contributed by atoms with E-state index >= 15 is 0 Å². The number of hydrogen-bond donors (Lipinski definition) is 2. The fourth-order valence-corrected chi connectivity index (χ4v) is 3.16. The van der Waals surface area contributed by atoms with Crippen molar-refractivity contribution in [2.75, 3.05) is 0 Å². The first-order valence-electron chi connectivity index (χ1n) is 8.33. The first kappa shape index (κ1) is 19.2. The van der Waals surface area contributed by atoms with Gasteiger partial charge in [-0.2, -0.15) is 0 Å². The number of benzene rings is 2. The van der Waals surface area contributed by atoms with Crippen LogP contribution >= 0.6 is 23.2 Å². The first-order chi connectivity index (χ1) is 12.9. The molecule has 0 saturated heterocycles. The molecule has 2 N–H and O–H groups in total. The molecule has 2 aromatic carbocycles. The summed E-state index contributed by atoms with van der Waals surface area (Å²) in [5, 5.41) is 4.13. The van der Waals surface area contributed by atoms with Gasteiger partial charge in [-0.1, -0.05) is 41.4 Å². The normalized spacial score (nSPS) is 12.1. The van der Waals surface area contributed by atoms with Crippen molar-refractivity contribution in [2.24, 2.45) is 0 Å². The Morgan fingerprint density at radius 1 is 1.15 bits per heavy atom. The molecule has 0 radical (unpaired) electrons. The molecule has 0 fully saturated rings. The number of carbonyl (C=O) groups is 1. The number of aryl methyl sites for hydroxylation is 1. The lowest BCUT2D eigenvalue weighted by atomic mass is 10.1. The van der Waals surface area contributed by atoms with E-state index in [-0.39, 0.29) is 24.9 Å². The predicted octanol–water partition coefficient (Wildman–Crippen LogP) is 3.26. The number of amides is 1. The summed E-state index contributed by atoms with van der Waals surface area (Å²) in [6.45, 7) is 1.98. The smallest absolute Gasteiger partial charge is 0.328 e. The Bertz CT molecular complexity index is 1120. The van der Waals surface area contributed by atoms with E-state index in [1.54, 1.807) is 42.5 Å². The molecule has 0 aliphatic carbocycles. The van der Waals surface area contributed by atoms with E-state index in [1.165, 1.54) is 4.57 Å². The molecule has 1 heterocycles. The maximum Gasteiger partial charge on any atom is 0.328 e. The van der Waals surface area contributed by atoms with E-state index in [0.29, 0.717) is 20.9 Å². The Kier molecular flexibility index (Phi) is 5.68. The Morgan fingerprint density at radius 2 is 1.89 bits per heavy atom. The van der Waals surface area contributed by atoms with Crippen molar-refractivity contribution in [3.05, 3.63) is 78.9 Å². The SMILES string of the molecule is CC(NC(=O)CCn1c(=O)[nH]c(=O)c2ccccc21)c1ccc(Cl)c(Cl)c1. The molecule has 0 bridgehead atoms. The molecule has 3 rings (SSSR count). The van der Waals surface area contributed by atoms with Gasteiger partial charge in [-0.05, 0) is 36.8 Å². The van der Waals surface area contributed by atoms with Crippen LogP contribution in [0, 0.1) is 0 Å². The van der Waals surface area contributed by atoms with Crippen LogP contribution in [0.15, 0.2) is 52.1 Å². The topological polar surface area (TPSA) is 84.0 Å². The van der Waals surface area contributed by atoms with Gasteiger partial charge in [0.15, 0.2) is 0 Å². The highest BCUT2D eigenvalue weighted by Gasteiger charge is 2.13. The summed E-state index contributed by atoms with van der Waals surface area (Å²) in [5.74, 6) is -0.226. The van der Waals surface area contributed by atoms with Crippen molar-refractivity contribution in [2.45, 2.75) is 25.9 Å². The molecule has 0 aliphatic rings. The van der Waals surface area contributed by atoms with Crippen LogP contribution in [0.5, 0.6) is 0 Å². The summed E-state index contributed by atoms with van der Waals surface area (Å²) >= 11 is 11.9. The lowest BCUT2D eigenvalue weighted by Crippen LogP contribution is -2.33. The fraction of sp³-hybridized carbons (Fsp3) is 0.211. The highest BCUT2D eigenvalue weighted by Crippen LogP contribution is 2.25. The van der Waals surface area contributed by atoms with Gasteiger partial charge in [-0.15, -0.1) is 0 Å². The summed E-state index contributed by atoms with van der Waals surface area (Å²) in [6.07, 6.45) is 0.0849. The Labute approximate surface area is 164 Å². The third kappa shape index (κ3) is 4.23. The second kappa shape index (κ2) is 7.98. The quantitative estimate of drug-likeness (QED) is 0.682. The van der Waals surface area contributed by atoms with Crippen LogP contribution in [0.3, 0.4) is 0 Å². The van der Waals surface area contributed by atoms with Crippen molar-refractivity contribution in [1.29, 1.82) is 0 Å². The minimum absolute atomic E-state index is 0.0849. The number of fused-ring (bicyclic) bond motifs is 1. The number of aromatic nitrogens is 2. The Hall–Kier alpha value is -2.57. The van der Waals surface area contributed by atoms with Gasteiger partial charge >= 0.3 is 5.69 Å². The van der Waals surface area contributed by atoms with E-state index < -0.39 is 11.2 Å². The minimum Gasteiger partial charge on any atom is -0.350 e. The van der Waals surface area contributed by atoms with Gasteiger partial charge < -0.3 is 5.32 Å². The van der Waals surface area contributed by atoms with E-state index in [0.717, 1.165) is 5.56 Å². The zero-order chi connectivity index (χ0) is 19.6. The average Bonchev–Trinajstić information content (AvgIpc) is 2.63. The second-order valence-electron chi connectivity index (χ2n) is 6.14. The van der Waals surface area contributed by atoms with Crippen LogP contribution in [0.4, 0.5) is 0 Å². The van der Waals surface area contributed by atoms with E-state index in [9.17, 15) is 14.4 Å². The van der Waals surface area contributed by atoms with Gasteiger partial charge in [0.1, 0.15) is 0 Å². The molecular weight excluding hydrogens is 389 g/mol. The van der Waals surface area contributed by atoms with Crippen molar-refractivity contribution >= 4 is 40.0 Å². The maximum absolute atomic E-state index is 12.3. The van der Waals surface area contributed by atoms with Crippen LogP contribution in [-0.2, 0) is 11.3 Å². The zero-order valence-electron chi connectivity index (χ0n) is 14.5. The van der Waals surface area contributed by atoms with Gasteiger partial charge in [0, 0.05) is 13.0 Å². The summed E-state index contributed by atoms with van der Waals surface area (Å²) in [4.78, 5) is 38.6. The van der Waals surface area contributed by atoms with Gasteiger partial charge in [-0.25, -0.2) is 4.79 Å². The van der Waals surface area contributed by atoms with E-state index in [2.05, 4.69) is 10.3 Å². The molecule has 140 valence electrons. The number of H-pyrrole nitrogens is 1. The number of para-hydroxylation sites is 1. The third-order valence-electron chi connectivity index (χ3n) is 4.29. The second-order valence-corrected chi connectivity index (χ2v) is 6.96. The molecule has 1 unspecified atom stereocenters. The Balaban J connectivity index is 1.73. The predicted molar refractivity (Wildman–Crippen MR) is 106 cm³/mol. The van der Waals surface area contributed by atoms with Crippen LogP contribution in [0.2, 0.25) is 10.0 Å². The molecule has 1 amide bonds. The number of nitrogens with one attached hydrogen (secondary N) is 2. The minimum atomic E-state index is -0.538. The summed E-state index contributed by atoms with van der Waals surface area (Å²) in [6, 6.07) is 11.7. The first-order valence-corrected chi connectivity index (χ1v) is 9.08. The highest BCUT2D eigenvalue weighted by molar-refractivity contribution is 6.42. The van der Waals surface area contributed by atoms with Gasteiger partial charge in [0.2, 0.25) is 5.91 Å². The molecule has 0 saturated carbocycles. The largest absolute Gasteiger partial charge is 0.350 e. The molecule has 6 nitrogen and oxygen atoms in total. The number of carbonyl (C=O) groups excluding carboxylic acids is 1. The average molecular weight is 406 g/mol. The van der Waals surface area contributed by atoms with Gasteiger partial charge in [-0.3, -0.25) is 19.1 Å². The van der Waals surface area contributed by atoms with Crippen molar-refractivity contribution in [3.63, 3.8) is 0 Å². The van der Waals surface area contributed by atoms with Crippen LogP contribution < -0.4 is 16.6 Å². The number of rotatable bonds is 5. The lowest BCUT2D eigenvalue weighted by molar-refractivity contribution is -0.121. The van der Waals surface area contributed by atoms with Crippen molar-refractivity contribution in [1.82, 2.24) is 14.9 Å². The fourth-order valence-electron chi connectivity index (χ4n) is 2.86. The lowest BCUT2D eigenvalue weighted by Gasteiger charge is -2.15. The highest BCUT2D eigenvalue weighted by atomic mass is 35.5. The van der Waals surface area contributed by atoms with Gasteiger partial charge in [0.05, 0.1) is 27.0 Å². The molecular formula is C19H17Cl2N3O3. The molecule has 27 heavy (non-hydrogen) atoms. The number of halogens is 2. The molecule has 0 spiro atoms. The van der Waals surface area contributed by atoms with Crippen LogP contribution in [0.25, 0.3) is 10.9 Å². The van der Waals surface area contributed by atoms with E-state index in [1.807, 2.05) is 6.92 Å². The van der Waals surface area contributed by atoms with Crippen molar-refractivity contribution in [3.8, 4) is 0 Å². The maximum atomic E-state index is 12.3. The summed E-state index contributed by atoms with van der Waals surface area (Å²) in [7, 11) is 0. The zero-order valence-corrected chi connectivity index (χ0v) is 16.0.